The standard InChI is InChI=1S/C24H21NO/c1-15-13-19-22-18-10-6-5-7-16(18)11-12-20(22)25-24(23(19)21(26)14-15)17-8-3-2-4-9-17/h2-12,15,24-25H,13-14H2,1H3. The number of hydrogen-bond donors (Lipinski definition) is 1. The Kier molecular flexibility index (Phi) is 3.46. The SMILES string of the molecule is CC1CC(=O)C2=C(C1)c1c(ccc3ccccc13)NC2c1ccccc1. The molecule has 0 aromatic heterocycles. The lowest BCUT2D eigenvalue weighted by Crippen LogP contribution is -2.29. The molecule has 0 amide bonds. The van der Waals surface area contributed by atoms with Crippen molar-refractivity contribution in [2.24, 2.45) is 5.92 Å². The van der Waals surface area contributed by atoms with Gasteiger partial charge in [0.1, 0.15) is 0 Å². The van der Waals surface area contributed by atoms with Gasteiger partial charge in [-0.05, 0) is 40.3 Å². The van der Waals surface area contributed by atoms with Gasteiger partial charge in [-0.1, -0.05) is 67.6 Å². The average Bonchev–Trinajstić information content (AvgIpc) is 2.67. The van der Waals surface area contributed by atoms with Crippen LogP contribution >= 0.6 is 0 Å². The lowest BCUT2D eigenvalue weighted by molar-refractivity contribution is -0.116. The zero-order chi connectivity index (χ0) is 17.7. The first kappa shape index (κ1) is 15.4. The molecule has 5 rings (SSSR count). The van der Waals surface area contributed by atoms with E-state index in [0.717, 1.165) is 23.2 Å². The number of allylic oxidation sites excluding steroid dienone is 1. The number of carbonyl (C=O) groups is 1. The van der Waals surface area contributed by atoms with E-state index in [1.54, 1.807) is 0 Å². The van der Waals surface area contributed by atoms with Crippen molar-refractivity contribution in [3.8, 4) is 0 Å². The molecule has 1 N–H and O–H groups in total. The molecule has 0 bridgehead atoms. The maximum Gasteiger partial charge on any atom is 0.161 e. The van der Waals surface area contributed by atoms with Crippen LogP contribution in [-0.4, -0.2) is 5.78 Å². The van der Waals surface area contributed by atoms with Crippen LogP contribution in [0.2, 0.25) is 0 Å². The second-order valence-electron chi connectivity index (χ2n) is 7.53. The minimum Gasteiger partial charge on any atom is -0.373 e. The molecule has 128 valence electrons. The fraction of sp³-hybridized carbons (Fsp3) is 0.208. The minimum atomic E-state index is -0.0557. The minimum absolute atomic E-state index is 0.0557. The van der Waals surface area contributed by atoms with Gasteiger partial charge in [0, 0.05) is 23.2 Å². The van der Waals surface area contributed by atoms with Crippen molar-refractivity contribution in [2.75, 3.05) is 5.32 Å². The molecule has 0 spiro atoms. The Morgan fingerprint density at radius 1 is 0.885 bits per heavy atom. The van der Waals surface area contributed by atoms with Crippen molar-refractivity contribution in [2.45, 2.75) is 25.8 Å². The van der Waals surface area contributed by atoms with Gasteiger partial charge in [-0.25, -0.2) is 0 Å². The molecule has 2 heteroatoms. The molecule has 2 nitrogen and oxygen atoms in total. The Bertz CT molecular complexity index is 1050. The van der Waals surface area contributed by atoms with Gasteiger partial charge in [0.15, 0.2) is 5.78 Å². The third-order valence-corrected chi connectivity index (χ3v) is 5.66. The summed E-state index contributed by atoms with van der Waals surface area (Å²) in [4.78, 5) is 13.1. The third kappa shape index (κ3) is 2.29. The molecule has 1 heterocycles. The van der Waals surface area contributed by atoms with Gasteiger partial charge >= 0.3 is 0 Å². The van der Waals surface area contributed by atoms with Crippen molar-refractivity contribution >= 4 is 27.8 Å². The van der Waals surface area contributed by atoms with E-state index in [9.17, 15) is 4.79 Å². The largest absolute Gasteiger partial charge is 0.373 e. The summed E-state index contributed by atoms with van der Waals surface area (Å²) in [6.45, 7) is 2.19. The second-order valence-corrected chi connectivity index (χ2v) is 7.53. The van der Waals surface area contributed by atoms with E-state index in [4.69, 9.17) is 0 Å². The summed E-state index contributed by atoms with van der Waals surface area (Å²) in [6, 6.07) is 23.1. The number of benzene rings is 3. The highest BCUT2D eigenvalue weighted by Gasteiger charge is 2.36. The number of hydrogen-bond acceptors (Lipinski definition) is 2. The van der Waals surface area contributed by atoms with Crippen molar-refractivity contribution in [1.82, 2.24) is 0 Å². The first-order valence-electron chi connectivity index (χ1n) is 9.32. The molecule has 2 unspecified atom stereocenters. The molecule has 3 aromatic carbocycles. The molecular formula is C24H21NO. The molecule has 0 saturated carbocycles. The molecule has 3 aromatic rings. The molecule has 1 aliphatic heterocycles. The molecule has 0 fully saturated rings. The summed E-state index contributed by atoms with van der Waals surface area (Å²) < 4.78 is 0. The molecule has 26 heavy (non-hydrogen) atoms. The number of Topliss-reactive ketones (excluding diaryl/α,β-unsaturated/α-hetero) is 1. The predicted octanol–water partition coefficient (Wildman–Crippen LogP) is 5.76. The van der Waals surface area contributed by atoms with E-state index in [2.05, 4.69) is 60.8 Å². The lowest BCUT2D eigenvalue weighted by Gasteiger charge is -2.36. The summed E-state index contributed by atoms with van der Waals surface area (Å²) in [7, 11) is 0. The van der Waals surface area contributed by atoms with Crippen LogP contribution in [0.5, 0.6) is 0 Å². The Labute approximate surface area is 153 Å². The Balaban J connectivity index is 1.81. The van der Waals surface area contributed by atoms with Crippen molar-refractivity contribution in [3.05, 3.63) is 83.4 Å². The lowest BCUT2D eigenvalue weighted by atomic mass is 9.74. The number of ketones is 1. The van der Waals surface area contributed by atoms with E-state index in [1.165, 1.54) is 21.9 Å². The monoisotopic (exact) mass is 339 g/mol. The zero-order valence-electron chi connectivity index (χ0n) is 14.8. The number of fused-ring (bicyclic) bond motifs is 4. The summed E-state index contributed by atoms with van der Waals surface area (Å²) in [5.41, 5.74) is 5.73. The highest BCUT2D eigenvalue weighted by Crippen LogP contribution is 2.48. The number of nitrogens with one attached hydrogen (secondary N) is 1. The smallest absolute Gasteiger partial charge is 0.161 e. The van der Waals surface area contributed by atoms with Crippen LogP contribution in [0.3, 0.4) is 0 Å². The fourth-order valence-electron chi connectivity index (χ4n) is 4.54. The molecule has 0 saturated heterocycles. The number of carbonyl (C=O) groups excluding carboxylic acids is 1. The number of rotatable bonds is 1. The second kappa shape index (κ2) is 5.84. The van der Waals surface area contributed by atoms with Crippen LogP contribution in [0.4, 0.5) is 5.69 Å². The normalized spacial score (nSPS) is 22.0. The Hall–Kier alpha value is -2.87. The van der Waals surface area contributed by atoms with Gasteiger partial charge in [-0.3, -0.25) is 4.79 Å². The van der Waals surface area contributed by atoms with E-state index in [0.29, 0.717) is 18.1 Å². The van der Waals surface area contributed by atoms with Gasteiger partial charge < -0.3 is 5.32 Å². The molecule has 0 radical (unpaired) electrons. The molecule has 2 atom stereocenters. The fourth-order valence-corrected chi connectivity index (χ4v) is 4.54. The average molecular weight is 339 g/mol. The van der Waals surface area contributed by atoms with E-state index in [-0.39, 0.29) is 6.04 Å². The predicted molar refractivity (Wildman–Crippen MR) is 107 cm³/mol. The zero-order valence-corrected chi connectivity index (χ0v) is 14.8. The Morgan fingerprint density at radius 2 is 1.65 bits per heavy atom. The van der Waals surface area contributed by atoms with Crippen molar-refractivity contribution < 1.29 is 4.79 Å². The van der Waals surface area contributed by atoms with E-state index >= 15 is 0 Å². The summed E-state index contributed by atoms with van der Waals surface area (Å²) >= 11 is 0. The topological polar surface area (TPSA) is 29.1 Å². The summed E-state index contributed by atoms with van der Waals surface area (Å²) in [5, 5.41) is 6.13. The molecule has 1 aliphatic carbocycles. The Morgan fingerprint density at radius 3 is 2.50 bits per heavy atom. The van der Waals surface area contributed by atoms with Crippen LogP contribution < -0.4 is 5.32 Å². The maximum absolute atomic E-state index is 13.1. The van der Waals surface area contributed by atoms with Crippen LogP contribution in [0.25, 0.3) is 16.3 Å². The van der Waals surface area contributed by atoms with Gasteiger partial charge in [0.25, 0.3) is 0 Å². The van der Waals surface area contributed by atoms with Crippen molar-refractivity contribution in [1.29, 1.82) is 0 Å². The number of anilines is 1. The van der Waals surface area contributed by atoms with E-state index in [1.807, 2.05) is 18.2 Å². The first-order chi connectivity index (χ1) is 12.7. The first-order valence-corrected chi connectivity index (χ1v) is 9.32. The van der Waals surface area contributed by atoms with Gasteiger partial charge in [0.05, 0.1) is 6.04 Å². The van der Waals surface area contributed by atoms with Gasteiger partial charge in [-0.2, -0.15) is 0 Å². The highest BCUT2D eigenvalue weighted by molar-refractivity contribution is 6.12. The van der Waals surface area contributed by atoms with Crippen LogP contribution in [0, 0.1) is 5.92 Å². The van der Waals surface area contributed by atoms with Gasteiger partial charge in [-0.15, -0.1) is 0 Å². The quantitative estimate of drug-likeness (QED) is 0.611. The van der Waals surface area contributed by atoms with Gasteiger partial charge in [0.2, 0.25) is 0 Å². The van der Waals surface area contributed by atoms with Crippen LogP contribution in [0.15, 0.2) is 72.3 Å². The van der Waals surface area contributed by atoms with Crippen LogP contribution in [-0.2, 0) is 4.79 Å². The van der Waals surface area contributed by atoms with E-state index < -0.39 is 0 Å². The molecular weight excluding hydrogens is 318 g/mol. The third-order valence-electron chi connectivity index (χ3n) is 5.66. The molecule has 2 aliphatic rings. The summed E-state index contributed by atoms with van der Waals surface area (Å²) in [5.74, 6) is 0.682. The van der Waals surface area contributed by atoms with Crippen molar-refractivity contribution in [3.63, 3.8) is 0 Å². The highest BCUT2D eigenvalue weighted by atomic mass is 16.1. The maximum atomic E-state index is 13.1. The summed E-state index contributed by atoms with van der Waals surface area (Å²) in [6.07, 6.45) is 1.61. The van der Waals surface area contributed by atoms with Crippen LogP contribution in [0.1, 0.15) is 36.9 Å².